The normalized spacial score (nSPS) is 10.8. The minimum absolute atomic E-state index is 0.164. The van der Waals surface area contributed by atoms with Crippen molar-refractivity contribution in [1.29, 1.82) is 0 Å². The summed E-state index contributed by atoms with van der Waals surface area (Å²) in [4.78, 5) is 16.6. The topological polar surface area (TPSA) is 38.3 Å². The molecule has 21 heavy (non-hydrogen) atoms. The number of halogens is 2. The summed E-state index contributed by atoms with van der Waals surface area (Å²) in [7, 11) is 0. The quantitative estimate of drug-likeness (QED) is 0.675. The predicted octanol–water partition coefficient (Wildman–Crippen LogP) is 3.74. The zero-order valence-corrected chi connectivity index (χ0v) is 11.8. The van der Waals surface area contributed by atoms with Gasteiger partial charge in [0, 0.05) is 11.6 Å². The molecule has 2 aromatic carbocycles. The average Bonchev–Trinajstić information content (AvgIpc) is 2.48. The van der Waals surface area contributed by atoms with Crippen molar-refractivity contribution >= 4 is 23.6 Å². The Balaban J connectivity index is 1.86. The van der Waals surface area contributed by atoms with E-state index in [0.29, 0.717) is 0 Å². The van der Waals surface area contributed by atoms with Crippen LogP contribution in [0.25, 0.3) is 6.08 Å². The van der Waals surface area contributed by atoms with E-state index in [9.17, 15) is 9.18 Å². The lowest BCUT2D eigenvalue weighted by Crippen LogP contribution is -2.21. The average molecular weight is 306 g/mol. The van der Waals surface area contributed by atoms with E-state index in [4.69, 9.17) is 16.4 Å². The first-order valence-electron chi connectivity index (χ1n) is 6.24. The van der Waals surface area contributed by atoms with E-state index in [1.54, 1.807) is 6.07 Å². The van der Waals surface area contributed by atoms with Gasteiger partial charge < -0.3 is 0 Å². The van der Waals surface area contributed by atoms with Gasteiger partial charge in [0.25, 0.3) is 5.91 Å². The molecule has 0 aromatic heterocycles. The third-order valence-electron chi connectivity index (χ3n) is 2.66. The molecule has 0 spiro atoms. The van der Waals surface area contributed by atoms with Crippen LogP contribution in [0.4, 0.5) is 4.39 Å². The second-order valence-corrected chi connectivity index (χ2v) is 4.62. The largest absolute Gasteiger partial charge is 0.269 e. The molecule has 0 fully saturated rings. The number of hydrogen-bond acceptors (Lipinski definition) is 2. The fourth-order valence-electron chi connectivity index (χ4n) is 1.63. The summed E-state index contributed by atoms with van der Waals surface area (Å²) < 4.78 is 13.5. The Hall–Kier alpha value is -2.17. The van der Waals surface area contributed by atoms with Gasteiger partial charge in [0.2, 0.25) is 0 Å². The molecule has 3 nitrogen and oxygen atoms in total. The SMILES string of the molecule is O=C(C=Cc1c(F)cccc1Cl)NOCc1ccccc1. The molecular weight excluding hydrogens is 293 g/mol. The molecule has 0 aliphatic rings. The second kappa shape index (κ2) is 7.57. The molecule has 0 atom stereocenters. The van der Waals surface area contributed by atoms with Crippen LogP contribution in [-0.4, -0.2) is 5.91 Å². The first kappa shape index (κ1) is 15.2. The molecule has 5 heteroatoms. The Morgan fingerprint density at radius 3 is 2.67 bits per heavy atom. The summed E-state index contributed by atoms with van der Waals surface area (Å²) in [5.41, 5.74) is 3.34. The third-order valence-corrected chi connectivity index (χ3v) is 2.99. The maximum Gasteiger partial charge on any atom is 0.267 e. The highest BCUT2D eigenvalue weighted by molar-refractivity contribution is 6.32. The Bertz CT molecular complexity index is 624. The lowest BCUT2D eigenvalue weighted by atomic mass is 10.2. The van der Waals surface area contributed by atoms with Gasteiger partial charge in [0.1, 0.15) is 5.82 Å². The number of benzene rings is 2. The molecule has 0 heterocycles. The summed E-state index contributed by atoms with van der Waals surface area (Å²) >= 11 is 5.84. The molecule has 0 aliphatic carbocycles. The molecule has 0 saturated carbocycles. The van der Waals surface area contributed by atoms with Gasteiger partial charge in [-0.05, 0) is 23.8 Å². The van der Waals surface area contributed by atoms with Crippen molar-refractivity contribution in [1.82, 2.24) is 5.48 Å². The van der Waals surface area contributed by atoms with Gasteiger partial charge in [-0.25, -0.2) is 9.87 Å². The fraction of sp³-hybridized carbons (Fsp3) is 0.0625. The van der Waals surface area contributed by atoms with Gasteiger partial charge in [-0.2, -0.15) is 0 Å². The number of rotatable bonds is 5. The Morgan fingerprint density at radius 1 is 1.19 bits per heavy atom. The summed E-state index contributed by atoms with van der Waals surface area (Å²) in [6.45, 7) is 0.251. The third kappa shape index (κ3) is 4.70. The summed E-state index contributed by atoms with van der Waals surface area (Å²) in [5, 5.41) is 0.240. The van der Waals surface area contributed by atoms with Crippen LogP contribution in [0.5, 0.6) is 0 Å². The van der Waals surface area contributed by atoms with Crippen LogP contribution in [-0.2, 0) is 16.2 Å². The van der Waals surface area contributed by atoms with Crippen LogP contribution in [0, 0.1) is 5.82 Å². The van der Waals surface area contributed by atoms with Gasteiger partial charge in [-0.1, -0.05) is 48.0 Å². The van der Waals surface area contributed by atoms with Crippen LogP contribution >= 0.6 is 11.6 Å². The molecule has 2 aromatic rings. The van der Waals surface area contributed by atoms with E-state index in [1.807, 2.05) is 30.3 Å². The zero-order valence-electron chi connectivity index (χ0n) is 11.1. The molecule has 0 saturated heterocycles. The van der Waals surface area contributed by atoms with Crippen LogP contribution in [0.15, 0.2) is 54.6 Å². The van der Waals surface area contributed by atoms with Crippen molar-refractivity contribution in [2.24, 2.45) is 0 Å². The molecule has 0 aliphatic heterocycles. The number of hydroxylamine groups is 1. The van der Waals surface area contributed by atoms with Gasteiger partial charge in [-0.15, -0.1) is 0 Å². The number of amides is 1. The molecule has 108 valence electrons. The highest BCUT2D eigenvalue weighted by atomic mass is 35.5. The van der Waals surface area contributed by atoms with Gasteiger partial charge in [0.05, 0.1) is 11.6 Å². The Morgan fingerprint density at radius 2 is 1.95 bits per heavy atom. The molecule has 1 N–H and O–H groups in total. The summed E-state index contributed by atoms with van der Waals surface area (Å²) in [6.07, 6.45) is 2.47. The number of carbonyl (C=O) groups excluding carboxylic acids is 1. The number of nitrogens with one attached hydrogen (secondary N) is 1. The maximum absolute atomic E-state index is 13.5. The van der Waals surface area contributed by atoms with E-state index in [-0.39, 0.29) is 17.2 Å². The van der Waals surface area contributed by atoms with Crippen molar-refractivity contribution in [2.75, 3.05) is 0 Å². The molecule has 1 amide bonds. The maximum atomic E-state index is 13.5. The zero-order chi connectivity index (χ0) is 15.1. The van der Waals surface area contributed by atoms with Crippen molar-refractivity contribution < 1.29 is 14.0 Å². The smallest absolute Gasteiger partial charge is 0.267 e. The highest BCUT2D eigenvalue weighted by Gasteiger charge is 2.04. The van der Waals surface area contributed by atoms with Crippen LogP contribution in [0.3, 0.4) is 0 Å². The monoisotopic (exact) mass is 305 g/mol. The van der Waals surface area contributed by atoms with E-state index in [0.717, 1.165) is 11.6 Å². The standard InChI is InChI=1S/C16H13ClFNO2/c17-14-7-4-8-15(18)13(14)9-10-16(20)19-21-11-12-5-2-1-3-6-12/h1-10H,11H2,(H,19,20). The van der Waals surface area contributed by atoms with Crippen molar-refractivity contribution in [3.8, 4) is 0 Å². The van der Waals surface area contributed by atoms with Crippen LogP contribution in [0.2, 0.25) is 5.02 Å². The minimum Gasteiger partial charge on any atom is -0.269 e. The van der Waals surface area contributed by atoms with Crippen molar-refractivity contribution in [3.63, 3.8) is 0 Å². The highest BCUT2D eigenvalue weighted by Crippen LogP contribution is 2.20. The lowest BCUT2D eigenvalue weighted by Gasteiger charge is -2.03. The molecule has 0 radical (unpaired) electrons. The first-order chi connectivity index (χ1) is 10.2. The van der Waals surface area contributed by atoms with Gasteiger partial charge in [-0.3, -0.25) is 9.63 Å². The van der Waals surface area contributed by atoms with E-state index < -0.39 is 11.7 Å². The van der Waals surface area contributed by atoms with Crippen LogP contribution in [0.1, 0.15) is 11.1 Å². The summed E-state index contributed by atoms with van der Waals surface area (Å²) in [6, 6.07) is 13.7. The van der Waals surface area contributed by atoms with E-state index >= 15 is 0 Å². The number of carbonyl (C=O) groups is 1. The van der Waals surface area contributed by atoms with Gasteiger partial charge >= 0.3 is 0 Å². The Kier molecular flexibility index (Phi) is 5.49. The van der Waals surface area contributed by atoms with Crippen LogP contribution < -0.4 is 5.48 Å². The first-order valence-corrected chi connectivity index (χ1v) is 6.62. The molecule has 2 rings (SSSR count). The lowest BCUT2D eigenvalue weighted by molar-refractivity contribution is -0.129. The second-order valence-electron chi connectivity index (χ2n) is 4.21. The van der Waals surface area contributed by atoms with Gasteiger partial charge in [0.15, 0.2) is 0 Å². The van der Waals surface area contributed by atoms with E-state index in [1.165, 1.54) is 18.2 Å². The Labute approximate surface area is 127 Å². The number of hydrogen-bond donors (Lipinski definition) is 1. The summed E-state index contributed by atoms with van der Waals surface area (Å²) in [5.74, 6) is -0.984. The molecular formula is C16H13ClFNO2. The van der Waals surface area contributed by atoms with E-state index in [2.05, 4.69) is 5.48 Å². The van der Waals surface area contributed by atoms with Crippen molar-refractivity contribution in [2.45, 2.75) is 6.61 Å². The molecule has 0 bridgehead atoms. The van der Waals surface area contributed by atoms with Crippen molar-refractivity contribution in [3.05, 3.63) is 76.6 Å². The molecule has 0 unspecified atom stereocenters. The fourth-order valence-corrected chi connectivity index (χ4v) is 1.85. The minimum atomic E-state index is -0.495. The predicted molar refractivity (Wildman–Crippen MR) is 79.8 cm³/mol.